The number of rotatable bonds is 12. The van der Waals surface area contributed by atoms with E-state index in [2.05, 4.69) is 18.9 Å². The predicted molar refractivity (Wildman–Crippen MR) is 50.5 cm³/mol. The van der Waals surface area contributed by atoms with E-state index in [1.165, 1.54) is 0 Å². The zero-order valence-corrected chi connectivity index (χ0v) is 8.90. The van der Waals surface area contributed by atoms with Gasteiger partial charge in [0.2, 0.25) is 0 Å². The SMILES string of the molecule is O=COCC(COC=O)(COC=O)COC=O. The average molecular weight is 248 g/mol. The van der Waals surface area contributed by atoms with E-state index in [9.17, 15) is 19.2 Å². The van der Waals surface area contributed by atoms with Gasteiger partial charge in [-0.2, -0.15) is 0 Å². The Labute approximate surface area is 96.8 Å². The van der Waals surface area contributed by atoms with Crippen LogP contribution in [0.25, 0.3) is 0 Å². The zero-order chi connectivity index (χ0) is 13.0. The van der Waals surface area contributed by atoms with Crippen LogP contribution in [0.2, 0.25) is 0 Å². The Morgan fingerprint density at radius 2 is 0.824 bits per heavy atom. The van der Waals surface area contributed by atoms with Crippen LogP contribution in [-0.4, -0.2) is 52.3 Å². The molecule has 0 aromatic heterocycles. The number of hydrogen-bond acceptors (Lipinski definition) is 8. The summed E-state index contributed by atoms with van der Waals surface area (Å²) in [6, 6.07) is 0. The summed E-state index contributed by atoms with van der Waals surface area (Å²) in [5, 5.41) is 0. The molecule has 0 aliphatic rings. The third-order valence-corrected chi connectivity index (χ3v) is 1.83. The molecule has 0 aromatic carbocycles. The highest BCUT2D eigenvalue weighted by atomic mass is 16.6. The Morgan fingerprint density at radius 3 is 1.00 bits per heavy atom. The third kappa shape index (κ3) is 6.13. The molecule has 0 aromatic rings. The fourth-order valence-electron chi connectivity index (χ4n) is 1.09. The summed E-state index contributed by atoms with van der Waals surface area (Å²) in [5.41, 5.74) is -1.11. The van der Waals surface area contributed by atoms with Crippen LogP contribution in [0.15, 0.2) is 0 Å². The average Bonchev–Trinajstić information content (AvgIpc) is 2.37. The van der Waals surface area contributed by atoms with Gasteiger partial charge in [-0.1, -0.05) is 0 Å². The molecule has 0 rings (SSSR count). The zero-order valence-electron chi connectivity index (χ0n) is 8.90. The minimum Gasteiger partial charge on any atom is -0.467 e. The normalized spacial score (nSPS) is 9.88. The van der Waals surface area contributed by atoms with Crippen LogP contribution in [0.1, 0.15) is 0 Å². The predicted octanol–water partition coefficient (Wildman–Crippen LogP) is -1.34. The van der Waals surface area contributed by atoms with Crippen molar-refractivity contribution < 1.29 is 38.1 Å². The lowest BCUT2D eigenvalue weighted by Gasteiger charge is -2.28. The Morgan fingerprint density at radius 1 is 0.588 bits per heavy atom. The molecule has 0 radical (unpaired) electrons. The first-order chi connectivity index (χ1) is 8.24. The Hall–Kier alpha value is -2.12. The molecule has 0 atom stereocenters. The molecule has 0 spiro atoms. The lowest BCUT2D eigenvalue weighted by Crippen LogP contribution is -2.41. The molecule has 0 heterocycles. The molecule has 0 saturated carbocycles. The van der Waals surface area contributed by atoms with Gasteiger partial charge in [0.05, 0.1) is 0 Å². The van der Waals surface area contributed by atoms with E-state index in [4.69, 9.17) is 0 Å². The van der Waals surface area contributed by atoms with Crippen molar-refractivity contribution in [2.75, 3.05) is 26.4 Å². The maximum Gasteiger partial charge on any atom is 0.293 e. The highest BCUT2D eigenvalue weighted by molar-refractivity contribution is 5.39. The summed E-state index contributed by atoms with van der Waals surface area (Å²) in [4.78, 5) is 40.5. The van der Waals surface area contributed by atoms with Crippen molar-refractivity contribution in [3.8, 4) is 0 Å². The number of carbonyl (C=O) groups is 4. The van der Waals surface area contributed by atoms with Gasteiger partial charge in [0.15, 0.2) is 0 Å². The third-order valence-electron chi connectivity index (χ3n) is 1.83. The van der Waals surface area contributed by atoms with E-state index in [0.717, 1.165) is 0 Å². The van der Waals surface area contributed by atoms with E-state index in [1.54, 1.807) is 0 Å². The first-order valence-corrected chi connectivity index (χ1v) is 4.45. The fourth-order valence-corrected chi connectivity index (χ4v) is 1.09. The topological polar surface area (TPSA) is 105 Å². The molecule has 96 valence electrons. The maximum absolute atomic E-state index is 10.1. The number of ether oxygens (including phenoxy) is 4. The highest BCUT2D eigenvalue weighted by Crippen LogP contribution is 2.19. The molecule has 0 aliphatic carbocycles. The second kappa shape index (κ2) is 9.13. The molecule has 0 saturated heterocycles. The molecular formula is C9H12O8. The molecule has 0 aliphatic heterocycles. The van der Waals surface area contributed by atoms with Crippen molar-refractivity contribution in [1.29, 1.82) is 0 Å². The second-order valence-electron chi connectivity index (χ2n) is 3.13. The van der Waals surface area contributed by atoms with Crippen molar-refractivity contribution in [3.63, 3.8) is 0 Å². The van der Waals surface area contributed by atoms with Gasteiger partial charge in [0.25, 0.3) is 25.9 Å². The summed E-state index contributed by atoms with van der Waals surface area (Å²) in [7, 11) is 0. The van der Waals surface area contributed by atoms with Gasteiger partial charge in [0, 0.05) is 0 Å². The minimum atomic E-state index is -1.11. The molecule has 0 fully saturated rings. The van der Waals surface area contributed by atoms with Crippen molar-refractivity contribution in [3.05, 3.63) is 0 Å². The molecule has 8 heteroatoms. The summed E-state index contributed by atoms with van der Waals surface area (Å²) in [6.45, 7) is -0.208. The Balaban J connectivity index is 4.59. The maximum atomic E-state index is 10.1. The van der Waals surface area contributed by atoms with Crippen molar-refractivity contribution in [1.82, 2.24) is 0 Å². The first-order valence-electron chi connectivity index (χ1n) is 4.45. The van der Waals surface area contributed by atoms with Gasteiger partial charge < -0.3 is 18.9 Å². The van der Waals surface area contributed by atoms with Crippen LogP contribution in [-0.2, 0) is 38.1 Å². The van der Waals surface area contributed by atoms with Crippen LogP contribution >= 0.6 is 0 Å². The molecule has 8 nitrogen and oxygen atoms in total. The van der Waals surface area contributed by atoms with Crippen LogP contribution in [0.5, 0.6) is 0 Å². The van der Waals surface area contributed by atoms with E-state index in [1.807, 2.05) is 0 Å². The van der Waals surface area contributed by atoms with Crippen molar-refractivity contribution in [2.24, 2.45) is 5.41 Å². The van der Waals surface area contributed by atoms with Crippen molar-refractivity contribution in [2.45, 2.75) is 0 Å². The number of hydrogen-bond donors (Lipinski definition) is 0. The highest BCUT2D eigenvalue weighted by Gasteiger charge is 2.35. The van der Waals surface area contributed by atoms with Gasteiger partial charge >= 0.3 is 0 Å². The summed E-state index contributed by atoms with van der Waals surface area (Å²) in [5.74, 6) is 0. The van der Waals surface area contributed by atoms with Crippen molar-refractivity contribution >= 4 is 25.9 Å². The smallest absolute Gasteiger partial charge is 0.293 e. The molecule has 17 heavy (non-hydrogen) atoms. The van der Waals surface area contributed by atoms with Gasteiger partial charge in [-0.15, -0.1) is 0 Å². The lowest BCUT2D eigenvalue weighted by atomic mass is 9.92. The minimum absolute atomic E-state index is 0.178. The standard InChI is InChI=1S/C9H12O8/c10-5-14-1-9(2-15-6-11,3-16-7-12)4-17-8-13/h5-8H,1-4H2. The summed E-state index contributed by atoms with van der Waals surface area (Å²) in [6.07, 6.45) is 0. The monoisotopic (exact) mass is 248 g/mol. The first kappa shape index (κ1) is 14.9. The van der Waals surface area contributed by atoms with E-state index < -0.39 is 5.41 Å². The van der Waals surface area contributed by atoms with Crippen LogP contribution in [0.4, 0.5) is 0 Å². The Kier molecular flexibility index (Phi) is 7.99. The largest absolute Gasteiger partial charge is 0.467 e. The lowest BCUT2D eigenvalue weighted by molar-refractivity contribution is -0.154. The molecule has 0 N–H and O–H groups in total. The van der Waals surface area contributed by atoms with E-state index in [0.29, 0.717) is 0 Å². The summed E-state index contributed by atoms with van der Waals surface area (Å²) >= 11 is 0. The van der Waals surface area contributed by atoms with Crippen LogP contribution in [0, 0.1) is 5.41 Å². The fraction of sp³-hybridized carbons (Fsp3) is 0.556. The number of carbonyl (C=O) groups excluding carboxylic acids is 4. The van der Waals surface area contributed by atoms with Crippen LogP contribution < -0.4 is 0 Å². The quantitative estimate of drug-likeness (QED) is 0.309. The van der Waals surface area contributed by atoms with Gasteiger partial charge in [-0.05, 0) is 0 Å². The van der Waals surface area contributed by atoms with Crippen LogP contribution in [0.3, 0.4) is 0 Å². The van der Waals surface area contributed by atoms with Gasteiger partial charge in [-0.25, -0.2) is 0 Å². The summed E-state index contributed by atoms with van der Waals surface area (Å²) < 4.78 is 18.1. The molecular weight excluding hydrogens is 236 g/mol. The Bertz CT molecular complexity index is 198. The second-order valence-corrected chi connectivity index (χ2v) is 3.13. The van der Waals surface area contributed by atoms with Gasteiger partial charge in [-0.3, -0.25) is 19.2 Å². The van der Waals surface area contributed by atoms with E-state index in [-0.39, 0.29) is 52.3 Å². The molecule has 0 bridgehead atoms. The molecule has 0 amide bonds. The molecule has 0 unspecified atom stereocenters. The van der Waals surface area contributed by atoms with E-state index >= 15 is 0 Å². The van der Waals surface area contributed by atoms with Gasteiger partial charge in [0.1, 0.15) is 31.8 Å².